The van der Waals surface area contributed by atoms with Crippen molar-refractivity contribution in [2.45, 2.75) is 6.54 Å². The molecule has 0 aromatic carbocycles. The molecule has 1 amide bonds. The molecule has 0 unspecified atom stereocenters. The second-order valence-electron chi connectivity index (χ2n) is 4.62. The number of fused-ring (bicyclic) bond motifs is 1. The lowest BCUT2D eigenvalue weighted by Gasteiger charge is -2.03. The van der Waals surface area contributed by atoms with E-state index in [0.717, 1.165) is 11.3 Å². The molecule has 0 aliphatic heterocycles. The van der Waals surface area contributed by atoms with Crippen LogP contribution in [-0.2, 0) is 18.4 Å². The standard InChI is InChI=1S/C13H11FN6O2S/c1-19-12-9(5-17-19)13(22)20(7-15-12)6-11(21)18-16-4-8-2-3-10(14)23-8/h2-5,7H,6H2,1H3,(H,18,21). The molecule has 0 spiro atoms. The molecule has 3 aromatic heterocycles. The smallest absolute Gasteiger partial charge is 0.264 e. The van der Waals surface area contributed by atoms with Crippen LogP contribution in [0.4, 0.5) is 4.39 Å². The molecule has 23 heavy (non-hydrogen) atoms. The number of hydrogen-bond donors (Lipinski definition) is 1. The van der Waals surface area contributed by atoms with Gasteiger partial charge in [0.25, 0.3) is 11.5 Å². The van der Waals surface area contributed by atoms with Crippen molar-refractivity contribution in [2.24, 2.45) is 12.1 Å². The van der Waals surface area contributed by atoms with Gasteiger partial charge in [0.1, 0.15) is 18.3 Å². The minimum absolute atomic E-state index is 0.229. The summed E-state index contributed by atoms with van der Waals surface area (Å²) in [6.07, 6.45) is 4.02. The fraction of sp³-hybridized carbons (Fsp3) is 0.154. The molecule has 10 heteroatoms. The summed E-state index contributed by atoms with van der Waals surface area (Å²) >= 11 is 0.908. The van der Waals surface area contributed by atoms with Gasteiger partial charge in [-0.1, -0.05) is 0 Å². The lowest BCUT2D eigenvalue weighted by Crippen LogP contribution is -2.30. The Labute approximate surface area is 132 Å². The minimum atomic E-state index is -0.495. The van der Waals surface area contributed by atoms with Gasteiger partial charge in [-0.25, -0.2) is 10.4 Å². The van der Waals surface area contributed by atoms with Crippen molar-refractivity contribution in [2.75, 3.05) is 0 Å². The topological polar surface area (TPSA) is 94.2 Å². The van der Waals surface area contributed by atoms with Gasteiger partial charge >= 0.3 is 0 Å². The predicted octanol–water partition coefficient (Wildman–Crippen LogP) is 0.481. The molecule has 3 heterocycles. The van der Waals surface area contributed by atoms with Gasteiger partial charge in [0, 0.05) is 7.05 Å². The molecular formula is C13H11FN6O2S. The lowest BCUT2D eigenvalue weighted by atomic mass is 10.4. The molecule has 1 N–H and O–H groups in total. The average Bonchev–Trinajstić information content (AvgIpc) is 3.09. The first kappa shape index (κ1) is 15.0. The molecule has 0 radical (unpaired) electrons. The van der Waals surface area contributed by atoms with E-state index in [1.807, 2.05) is 0 Å². The number of rotatable bonds is 4. The van der Waals surface area contributed by atoms with E-state index in [0.29, 0.717) is 15.9 Å². The van der Waals surface area contributed by atoms with Crippen LogP contribution in [-0.4, -0.2) is 31.5 Å². The van der Waals surface area contributed by atoms with Crippen LogP contribution in [0.25, 0.3) is 11.0 Å². The second-order valence-corrected chi connectivity index (χ2v) is 5.68. The summed E-state index contributed by atoms with van der Waals surface area (Å²) in [7, 11) is 1.67. The van der Waals surface area contributed by atoms with Gasteiger partial charge in [0.2, 0.25) is 0 Å². The Morgan fingerprint density at radius 3 is 3.09 bits per heavy atom. The fourth-order valence-corrected chi connectivity index (χ4v) is 2.54. The van der Waals surface area contributed by atoms with E-state index in [1.165, 1.54) is 34.1 Å². The van der Waals surface area contributed by atoms with Crippen LogP contribution >= 0.6 is 11.3 Å². The molecule has 8 nitrogen and oxygen atoms in total. The predicted molar refractivity (Wildman–Crippen MR) is 82.8 cm³/mol. The third-order valence-electron chi connectivity index (χ3n) is 3.01. The number of nitrogens with one attached hydrogen (secondary N) is 1. The first-order valence-electron chi connectivity index (χ1n) is 6.49. The van der Waals surface area contributed by atoms with Gasteiger partial charge in [-0.05, 0) is 12.1 Å². The number of hydrazone groups is 1. The molecule has 3 rings (SSSR count). The molecule has 0 aliphatic carbocycles. The van der Waals surface area contributed by atoms with Crippen molar-refractivity contribution in [1.29, 1.82) is 0 Å². The van der Waals surface area contributed by atoms with Crippen molar-refractivity contribution in [3.05, 3.63) is 45.0 Å². The Hall–Kier alpha value is -2.88. The number of carbonyl (C=O) groups excluding carboxylic acids is 1. The molecule has 0 bridgehead atoms. The van der Waals surface area contributed by atoms with E-state index in [9.17, 15) is 14.0 Å². The second kappa shape index (κ2) is 6.08. The van der Waals surface area contributed by atoms with E-state index < -0.39 is 5.91 Å². The maximum absolute atomic E-state index is 12.8. The highest BCUT2D eigenvalue weighted by molar-refractivity contribution is 7.12. The Balaban J connectivity index is 1.69. The van der Waals surface area contributed by atoms with Crippen molar-refractivity contribution in [3.63, 3.8) is 0 Å². The number of halogens is 1. The highest BCUT2D eigenvalue weighted by atomic mass is 32.1. The summed E-state index contributed by atoms with van der Waals surface area (Å²) in [5, 5.41) is 7.66. The van der Waals surface area contributed by atoms with E-state index >= 15 is 0 Å². The van der Waals surface area contributed by atoms with Gasteiger partial charge in [0.05, 0.1) is 17.3 Å². The zero-order chi connectivity index (χ0) is 16.4. The fourth-order valence-electron chi connectivity index (χ4n) is 1.93. The Kier molecular flexibility index (Phi) is 3.98. The molecule has 0 saturated heterocycles. The molecule has 0 fully saturated rings. The summed E-state index contributed by atoms with van der Waals surface area (Å²) in [6, 6.07) is 2.85. The van der Waals surface area contributed by atoms with Crippen LogP contribution in [0.1, 0.15) is 4.88 Å². The zero-order valence-corrected chi connectivity index (χ0v) is 12.7. The molecule has 0 saturated carbocycles. The molecular weight excluding hydrogens is 323 g/mol. The van der Waals surface area contributed by atoms with Crippen molar-refractivity contribution in [3.8, 4) is 0 Å². The zero-order valence-electron chi connectivity index (χ0n) is 11.9. The number of nitrogens with zero attached hydrogens (tertiary/aromatic N) is 5. The van der Waals surface area contributed by atoms with E-state index in [4.69, 9.17) is 0 Å². The number of carbonyl (C=O) groups is 1. The van der Waals surface area contributed by atoms with E-state index in [2.05, 4.69) is 20.6 Å². The Morgan fingerprint density at radius 2 is 2.35 bits per heavy atom. The van der Waals surface area contributed by atoms with E-state index in [1.54, 1.807) is 13.1 Å². The molecule has 118 valence electrons. The summed E-state index contributed by atoms with van der Waals surface area (Å²) in [5.74, 6) is -0.495. The lowest BCUT2D eigenvalue weighted by molar-refractivity contribution is -0.121. The largest absolute Gasteiger partial charge is 0.289 e. The van der Waals surface area contributed by atoms with Gasteiger partial charge in [0.15, 0.2) is 10.8 Å². The van der Waals surface area contributed by atoms with Crippen molar-refractivity contribution >= 4 is 34.5 Å². The van der Waals surface area contributed by atoms with Gasteiger partial charge < -0.3 is 0 Å². The van der Waals surface area contributed by atoms with Crippen LogP contribution < -0.4 is 11.0 Å². The average molecular weight is 334 g/mol. The van der Waals surface area contributed by atoms with Gasteiger partial charge in [-0.15, -0.1) is 11.3 Å². The first-order chi connectivity index (χ1) is 11.0. The summed E-state index contributed by atoms with van der Waals surface area (Å²) in [5.41, 5.74) is 2.37. The number of aromatic nitrogens is 4. The quantitative estimate of drug-likeness (QED) is 0.555. The minimum Gasteiger partial charge on any atom is -0.289 e. The maximum atomic E-state index is 12.8. The number of hydrogen-bond acceptors (Lipinski definition) is 6. The van der Waals surface area contributed by atoms with Crippen LogP contribution in [0, 0.1) is 5.13 Å². The Bertz CT molecular complexity index is 957. The van der Waals surface area contributed by atoms with E-state index in [-0.39, 0.29) is 17.2 Å². The maximum Gasteiger partial charge on any atom is 0.264 e. The SMILES string of the molecule is Cn1ncc2c(=O)n(CC(=O)NN=Cc3ccc(F)s3)cnc21. The van der Waals surface area contributed by atoms with Crippen LogP contribution in [0.5, 0.6) is 0 Å². The summed E-state index contributed by atoms with van der Waals surface area (Å²) in [6.45, 7) is -0.229. The normalized spacial score (nSPS) is 11.4. The molecule has 0 atom stereocenters. The highest BCUT2D eigenvalue weighted by Crippen LogP contribution is 2.11. The van der Waals surface area contributed by atoms with Crippen LogP contribution in [0.2, 0.25) is 0 Å². The molecule has 0 aliphatic rings. The van der Waals surface area contributed by atoms with Crippen molar-refractivity contribution in [1.82, 2.24) is 24.8 Å². The number of amides is 1. The summed E-state index contributed by atoms with van der Waals surface area (Å²) in [4.78, 5) is 28.6. The van der Waals surface area contributed by atoms with Crippen molar-refractivity contribution < 1.29 is 9.18 Å². The number of aryl methyl sites for hydroxylation is 1. The van der Waals surface area contributed by atoms with Gasteiger partial charge in [-0.3, -0.25) is 18.8 Å². The van der Waals surface area contributed by atoms with Crippen LogP contribution in [0.15, 0.2) is 34.6 Å². The molecule has 3 aromatic rings. The Morgan fingerprint density at radius 1 is 1.52 bits per heavy atom. The number of thiophene rings is 1. The third kappa shape index (κ3) is 3.16. The van der Waals surface area contributed by atoms with Gasteiger partial charge in [-0.2, -0.15) is 14.6 Å². The third-order valence-corrected chi connectivity index (χ3v) is 3.82. The monoisotopic (exact) mass is 334 g/mol. The highest BCUT2D eigenvalue weighted by Gasteiger charge is 2.10. The first-order valence-corrected chi connectivity index (χ1v) is 7.30. The summed E-state index contributed by atoms with van der Waals surface area (Å²) < 4.78 is 15.4. The van der Waals surface area contributed by atoms with Crippen LogP contribution in [0.3, 0.4) is 0 Å².